The van der Waals surface area contributed by atoms with Crippen molar-refractivity contribution in [2.45, 2.75) is 39.2 Å². The van der Waals surface area contributed by atoms with E-state index >= 15 is 0 Å². The average Bonchev–Trinajstić information content (AvgIpc) is 2.22. The maximum Gasteiger partial charge on any atom is 0.220 e. The van der Waals surface area contributed by atoms with Gasteiger partial charge in [0.2, 0.25) is 5.91 Å². The fraction of sp³-hybridized carbons (Fsp3) is 0.900. The number of aliphatic hydroxyl groups excluding tert-OH is 1. The first-order chi connectivity index (χ1) is 6.67. The van der Waals surface area contributed by atoms with Gasteiger partial charge in [0.1, 0.15) is 0 Å². The summed E-state index contributed by atoms with van der Waals surface area (Å²) in [7, 11) is 0. The van der Waals surface area contributed by atoms with Crippen molar-refractivity contribution in [2.24, 2.45) is 11.7 Å². The molecule has 0 heterocycles. The number of aliphatic hydroxyl groups is 1. The summed E-state index contributed by atoms with van der Waals surface area (Å²) in [5.74, 6) is 0.245. The summed E-state index contributed by atoms with van der Waals surface area (Å²) < 4.78 is 0. The Morgan fingerprint density at radius 3 is 2.43 bits per heavy atom. The topological polar surface area (TPSA) is 75.4 Å². The Kier molecular flexibility index (Phi) is 7.42. The first-order valence-corrected chi connectivity index (χ1v) is 5.28. The Bertz CT molecular complexity index is 138. The predicted molar refractivity (Wildman–Crippen MR) is 56.8 cm³/mol. The van der Waals surface area contributed by atoms with Crippen molar-refractivity contribution < 1.29 is 9.90 Å². The van der Waals surface area contributed by atoms with Gasteiger partial charge in [-0.05, 0) is 18.9 Å². The van der Waals surface area contributed by atoms with E-state index in [0.29, 0.717) is 13.0 Å². The molecule has 0 saturated heterocycles. The number of carbonyl (C=O) groups excluding carboxylic acids is 1. The zero-order chi connectivity index (χ0) is 11.0. The summed E-state index contributed by atoms with van der Waals surface area (Å²) in [5.41, 5.74) is 5.50. The van der Waals surface area contributed by atoms with Crippen LogP contribution in [0, 0.1) is 5.92 Å². The Balaban J connectivity index is 3.83. The van der Waals surface area contributed by atoms with Crippen LogP contribution >= 0.6 is 0 Å². The molecular formula is C10H22N2O2. The number of amides is 1. The van der Waals surface area contributed by atoms with E-state index < -0.39 is 0 Å². The van der Waals surface area contributed by atoms with Crippen LogP contribution in [0.4, 0.5) is 0 Å². The fourth-order valence-corrected chi connectivity index (χ4v) is 1.22. The molecule has 1 unspecified atom stereocenters. The van der Waals surface area contributed by atoms with Gasteiger partial charge >= 0.3 is 0 Å². The summed E-state index contributed by atoms with van der Waals surface area (Å²) >= 11 is 0. The second kappa shape index (κ2) is 7.76. The summed E-state index contributed by atoms with van der Waals surface area (Å²) in [5, 5.41) is 11.7. The third kappa shape index (κ3) is 5.19. The quantitative estimate of drug-likeness (QED) is 0.554. The van der Waals surface area contributed by atoms with Crippen LogP contribution in [0.5, 0.6) is 0 Å². The predicted octanol–water partition coefficient (Wildman–Crippen LogP) is 0.249. The normalized spacial score (nSPS) is 14.9. The molecule has 0 aliphatic heterocycles. The highest BCUT2D eigenvalue weighted by Gasteiger charge is 2.13. The first kappa shape index (κ1) is 13.4. The standard InChI is InChI=1S/C10H22N2O2/c1-3-8(6-11)5-10(14)12-9(4-2)7-13/h8-9,13H,3-7,11H2,1-2H3,(H,12,14)/t8?,9-/m0/s1. The summed E-state index contributed by atoms with van der Waals surface area (Å²) in [4.78, 5) is 11.4. The van der Waals surface area contributed by atoms with Gasteiger partial charge in [-0.1, -0.05) is 20.3 Å². The molecule has 0 aliphatic rings. The molecule has 4 nitrogen and oxygen atoms in total. The molecule has 0 aromatic carbocycles. The van der Waals surface area contributed by atoms with Gasteiger partial charge < -0.3 is 16.2 Å². The van der Waals surface area contributed by atoms with Crippen molar-refractivity contribution >= 4 is 5.91 Å². The molecule has 0 radical (unpaired) electrons. The molecule has 4 N–H and O–H groups in total. The highest BCUT2D eigenvalue weighted by molar-refractivity contribution is 5.76. The molecule has 0 aromatic heterocycles. The van der Waals surface area contributed by atoms with Crippen molar-refractivity contribution in [1.82, 2.24) is 5.32 Å². The summed E-state index contributed by atoms with van der Waals surface area (Å²) in [6.45, 7) is 4.50. The first-order valence-electron chi connectivity index (χ1n) is 5.28. The van der Waals surface area contributed by atoms with Gasteiger partial charge in [0, 0.05) is 6.42 Å². The van der Waals surface area contributed by atoms with Crippen molar-refractivity contribution in [3.05, 3.63) is 0 Å². The Hall–Kier alpha value is -0.610. The zero-order valence-corrected chi connectivity index (χ0v) is 9.12. The van der Waals surface area contributed by atoms with Gasteiger partial charge in [-0.25, -0.2) is 0 Å². The Morgan fingerprint density at radius 2 is 2.07 bits per heavy atom. The van der Waals surface area contributed by atoms with E-state index in [2.05, 4.69) is 5.32 Å². The minimum absolute atomic E-state index is 0.00164. The van der Waals surface area contributed by atoms with Crippen LogP contribution in [0.25, 0.3) is 0 Å². The van der Waals surface area contributed by atoms with Crippen LogP contribution < -0.4 is 11.1 Å². The number of hydrogen-bond acceptors (Lipinski definition) is 3. The van der Waals surface area contributed by atoms with Gasteiger partial charge in [0.25, 0.3) is 0 Å². The SMILES string of the molecule is CCC(CN)CC(=O)N[C@@H](CC)CO. The highest BCUT2D eigenvalue weighted by Crippen LogP contribution is 2.05. The van der Waals surface area contributed by atoms with Gasteiger partial charge in [-0.3, -0.25) is 4.79 Å². The average molecular weight is 202 g/mol. The summed E-state index contributed by atoms with van der Waals surface area (Å²) in [6.07, 6.45) is 2.13. The van der Waals surface area contributed by atoms with E-state index in [9.17, 15) is 4.79 Å². The number of carbonyl (C=O) groups is 1. The van der Waals surface area contributed by atoms with Gasteiger partial charge in [-0.15, -0.1) is 0 Å². The van der Waals surface area contributed by atoms with Crippen LogP contribution in [-0.2, 0) is 4.79 Å². The molecule has 0 rings (SSSR count). The molecule has 2 atom stereocenters. The van der Waals surface area contributed by atoms with Crippen molar-refractivity contribution in [3.63, 3.8) is 0 Å². The van der Waals surface area contributed by atoms with E-state index in [1.54, 1.807) is 0 Å². The molecular weight excluding hydrogens is 180 g/mol. The lowest BCUT2D eigenvalue weighted by Gasteiger charge is -2.16. The van der Waals surface area contributed by atoms with Crippen LogP contribution in [0.1, 0.15) is 33.1 Å². The van der Waals surface area contributed by atoms with Crippen molar-refractivity contribution in [2.75, 3.05) is 13.2 Å². The molecule has 1 amide bonds. The van der Waals surface area contributed by atoms with Crippen LogP contribution in [0.2, 0.25) is 0 Å². The van der Waals surface area contributed by atoms with Crippen molar-refractivity contribution in [3.8, 4) is 0 Å². The largest absolute Gasteiger partial charge is 0.394 e. The smallest absolute Gasteiger partial charge is 0.220 e. The molecule has 0 fully saturated rings. The third-order valence-electron chi connectivity index (χ3n) is 2.46. The third-order valence-corrected chi connectivity index (χ3v) is 2.46. The second-order valence-corrected chi connectivity index (χ2v) is 3.57. The number of rotatable bonds is 7. The van der Waals surface area contributed by atoms with Crippen molar-refractivity contribution in [1.29, 1.82) is 0 Å². The van der Waals surface area contributed by atoms with Gasteiger partial charge in [-0.2, -0.15) is 0 Å². The molecule has 4 heteroatoms. The van der Waals surface area contributed by atoms with Gasteiger partial charge in [0.05, 0.1) is 12.6 Å². The minimum atomic E-state index is -0.113. The number of nitrogens with one attached hydrogen (secondary N) is 1. The van der Waals surface area contributed by atoms with Crippen LogP contribution in [-0.4, -0.2) is 30.2 Å². The number of nitrogens with two attached hydrogens (primary N) is 1. The van der Waals surface area contributed by atoms with Gasteiger partial charge in [0.15, 0.2) is 0 Å². The minimum Gasteiger partial charge on any atom is -0.394 e. The highest BCUT2D eigenvalue weighted by atomic mass is 16.3. The second-order valence-electron chi connectivity index (χ2n) is 3.57. The monoisotopic (exact) mass is 202 g/mol. The van der Waals surface area contributed by atoms with E-state index in [-0.39, 0.29) is 24.5 Å². The molecule has 14 heavy (non-hydrogen) atoms. The Morgan fingerprint density at radius 1 is 1.43 bits per heavy atom. The molecule has 0 aromatic rings. The van der Waals surface area contributed by atoms with E-state index in [0.717, 1.165) is 12.8 Å². The molecule has 0 saturated carbocycles. The Labute approximate surface area is 85.9 Å². The fourth-order valence-electron chi connectivity index (χ4n) is 1.22. The molecule has 0 spiro atoms. The van der Waals surface area contributed by atoms with Crippen LogP contribution in [0.15, 0.2) is 0 Å². The lowest BCUT2D eigenvalue weighted by molar-refractivity contribution is -0.123. The van der Waals surface area contributed by atoms with Crippen LogP contribution in [0.3, 0.4) is 0 Å². The molecule has 0 bridgehead atoms. The maximum atomic E-state index is 11.4. The molecule has 84 valence electrons. The lowest BCUT2D eigenvalue weighted by Crippen LogP contribution is -2.38. The van der Waals surface area contributed by atoms with E-state index in [1.165, 1.54) is 0 Å². The number of hydrogen-bond donors (Lipinski definition) is 3. The van der Waals surface area contributed by atoms with E-state index in [1.807, 2.05) is 13.8 Å². The zero-order valence-electron chi connectivity index (χ0n) is 9.12. The molecule has 0 aliphatic carbocycles. The lowest BCUT2D eigenvalue weighted by atomic mass is 10.0. The summed E-state index contributed by atoms with van der Waals surface area (Å²) in [6, 6.07) is -0.113. The van der Waals surface area contributed by atoms with E-state index in [4.69, 9.17) is 10.8 Å². The maximum absolute atomic E-state index is 11.4.